The van der Waals surface area contributed by atoms with Crippen LogP contribution in [0.1, 0.15) is 107 Å². The first-order valence-corrected chi connectivity index (χ1v) is 12.4. The molecule has 1 N–H and O–H groups in total. The Balaban J connectivity index is 1.79. The lowest BCUT2D eigenvalue weighted by Crippen LogP contribution is -2.30. The molecular weight excluding hydrogens is 387 g/mol. The minimum Gasteiger partial charge on any atom is -0.502 e. The van der Waals surface area contributed by atoms with Crippen LogP contribution in [0.4, 0.5) is 4.39 Å². The van der Waals surface area contributed by atoms with Crippen LogP contribution >= 0.6 is 0 Å². The summed E-state index contributed by atoms with van der Waals surface area (Å²) >= 11 is 0. The predicted octanol–water partition coefficient (Wildman–Crippen LogP) is 7.28. The zero-order valence-corrected chi connectivity index (χ0v) is 19.6. The smallest absolute Gasteiger partial charge is 0.145 e. The van der Waals surface area contributed by atoms with E-state index in [0.717, 1.165) is 74.1 Å². The van der Waals surface area contributed by atoms with E-state index in [4.69, 9.17) is 9.72 Å². The van der Waals surface area contributed by atoms with Crippen molar-refractivity contribution in [1.29, 1.82) is 0 Å². The molecule has 2 aliphatic rings. The van der Waals surface area contributed by atoms with E-state index >= 15 is 4.39 Å². The monoisotopic (exact) mass is 428 g/mol. The minimum atomic E-state index is -0.168. The average molecular weight is 429 g/mol. The van der Waals surface area contributed by atoms with Crippen LogP contribution in [-0.4, -0.2) is 18.1 Å². The Hall–Kier alpha value is -1.84. The van der Waals surface area contributed by atoms with Gasteiger partial charge in [-0.25, -0.2) is 4.39 Å². The second-order valence-corrected chi connectivity index (χ2v) is 9.59. The van der Waals surface area contributed by atoms with Crippen LogP contribution < -0.4 is 5.32 Å². The lowest BCUT2D eigenvalue weighted by atomic mass is 9.77. The number of methoxy groups -OCH3 is 1. The highest BCUT2D eigenvalue weighted by Gasteiger charge is 2.28. The number of unbranched alkanes of at least 4 members (excludes halogenated alkanes) is 1. The summed E-state index contributed by atoms with van der Waals surface area (Å²) in [5.41, 5.74) is 3.39. The van der Waals surface area contributed by atoms with Gasteiger partial charge in [-0.3, -0.25) is 4.98 Å². The summed E-state index contributed by atoms with van der Waals surface area (Å²) in [6.45, 7) is 10.5. The molecule has 2 unspecified atom stereocenters. The quantitative estimate of drug-likeness (QED) is 0.398. The third-order valence-corrected chi connectivity index (χ3v) is 7.13. The third-order valence-electron chi connectivity index (χ3n) is 7.13. The van der Waals surface area contributed by atoms with E-state index < -0.39 is 0 Å². The molecule has 4 heteroatoms. The van der Waals surface area contributed by atoms with Crippen LogP contribution in [-0.2, 0) is 11.2 Å². The van der Waals surface area contributed by atoms with Gasteiger partial charge >= 0.3 is 0 Å². The van der Waals surface area contributed by atoms with Gasteiger partial charge < -0.3 is 10.1 Å². The molecule has 2 aliphatic carbocycles. The van der Waals surface area contributed by atoms with Gasteiger partial charge in [-0.15, -0.1) is 0 Å². The maximum atomic E-state index is 15.4. The summed E-state index contributed by atoms with van der Waals surface area (Å²) in [6.07, 6.45) is 14.3. The fourth-order valence-electron chi connectivity index (χ4n) is 5.33. The number of allylic oxidation sites excluding steroid dienone is 1. The molecule has 3 rings (SSSR count). The van der Waals surface area contributed by atoms with Gasteiger partial charge in [0.2, 0.25) is 0 Å². The molecule has 1 aromatic heterocycles. The normalized spacial score (nSPS) is 22.2. The number of aryl methyl sites for hydroxylation is 1. The number of hydrogen-bond acceptors (Lipinski definition) is 3. The molecular formula is C27H41FN2O. The maximum absolute atomic E-state index is 15.4. The van der Waals surface area contributed by atoms with Crippen LogP contribution in [0.2, 0.25) is 0 Å². The van der Waals surface area contributed by atoms with E-state index in [0.29, 0.717) is 17.7 Å². The lowest BCUT2D eigenvalue weighted by molar-refractivity contribution is 0.231. The Bertz CT molecular complexity index is 754. The molecule has 0 bridgehead atoms. The zero-order valence-electron chi connectivity index (χ0n) is 19.6. The second kappa shape index (κ2) is 11.7. The number of halogens is 1. The molecule has 0 aliphatic heterocycles. The molecule has 0 amide bonds. The SMILES string of the molecule is C=C(CC1CCCC(c2nc(CCCC)c(C(=C)NC3CCCCC3)cc2F)C1)OC. The number of ether oxygens (including phenoxy) is 1. The Kier molecular flexibility index (Phi) is 8.98. The van der Waals surface area contributed by atoms with E-state index in [9.17, 15) is 0 Å². The van der Waals surface area contributed by atoms with Gasteiger partial charge in [0.05, 0.1) is 24.3 Å². The highest BCUT2D eigenvalue weighted by atomic mass is 19.1. The van der Waals surface area contributed by atoms with Crippen molar-refractivity contribution in [2.45, 2.75) is 102 Å². The van der Waals surface area contributed by atoms with E-state index in [-0.39, 0.29) is 11.7 Å². The Morgan fingerprint density at radius 1 is 1.16 bits per heavy atom. The Morgan fingerprint density at radius 2 is 1.94 bits per heavy atom. The molecule has 3 nitrogen and oxygen atoms in total. The largest absolute Gasteiger partial charge is 0.502 e. The van der Waals surface area contributed by atoms with Crippen molar-refractivity contribution in [1.82, 2.24) is 10.3 Å². The first kappa shape index (κ1) is 23.8. The first-order chi connectivity index (χ1) is 15.0. The third kappa shape index (κ3) is 6.57. The van der Waals surface area contributed by atoms with Gasteiger partial charge in [0.1, 0.15) is 5.82 Å². The number of nitrogens with zero attached hydrogens (tertiary/aromatic N) is 1. The second-order valence-electron chi connectivity index (χ2n) is 9.59. The van der Waals surface area contributed by atoms with Gasteiger partial charge in [0.25, 0.3) is 0 Å². The fourth-order valence-corrected chi connectivity index (χ4v) is 5.33. The summed E-state index contributed by atoms with van der Waals surface area (Å²) < 4.78 is 20.6. The van der Waals surface area contributed by atoms with Crippen molar-refractivity contribution in [2.24, 2.45) is 5.92 Å². The topological polar surface area (TPSA) is 34.2 Å². The standard InChI is InChI=1S/C27H41FN2O/c1-5-6-15-26-24(20(3)29-23-13-8-7-9-14-23)18-25(28)27(30-26)22-12-10-11-21(17-22)16-19(2)31-4/h18,21-23,29H,2-3,5-17H2,1,4H3. The summed E-state index contributed by atoms with van der Waals surface area (Å²) in [6, 6.07) is 2.17. The van der Waals surface area contributed by atoms with Crippen LogP contribution in [0.25, 0.3) is 5.70 Å². The van der Waals surface area contributed by atoms with Crippen molar-refractivity contribution in [2.75, 3.05) is 7.11 Å². The first-order valence-electron chi connectivity index (χ1n) is 12.4. The molecule has 172 valence electrons. The van der Waals surface area contributed by atoms with Crippen molar-refractivity contribution < 1.29 is 9.13 Å². The van der Waals surface area contributed by atoms with E-state index in [1.807, 2.05) is 0 Å². The molecule has 2 fully saturated rings. The highest BCUT2D eigenvalue weighted by molar-refractivity contribution is 5.64. The Morgan fingerprint density at radius 3 is 2.65 bits per heavy atom. The number of rotatable bonds is 10. The molecule has 0 saturated heterocycles. The van der Waals surface area contributed by atoms with E-state index in [1.165, 1.54) is 32.1 Å². The van der Waals surface area contributed by atoms with E-state index in [1.54, 1.807) is 13.2 Å². The minimum absolute atomic E-state index is 0.168. The summed E-state index contributed by atoms with van der Waals surface area (Å²) in [4.78, 5) is 4.95. The molecule has 0 spiro atoms. The van der Waals surface area contributed by atoms with E-state index in [2.05, 4.69) is 25.4 Å². The molecule has 0 radical (unpaired) electrons. The number of pyridine rings is 1. The number of nitrogens with one attached hydrogen (secondary N) is 1. The van der Waals surface area contributed by atoms with Crippen LogP contribution in [0.15, 0.2) is 25.0 Å². The predicted molar refractivity (Wildman–Crippen MR) is 127 cm³/mol. The molecule has 2 atom stereocenters. The summed E-state index contributed by atoms with van der Waals surface area (Å²) in [5, 5.41) is 3.59. The van der Waals surface area contributed by atoms with Gasteiger partial charge in [-0.2, -0.15) is 0 Å². The van der Waals surface area contributed by atoms with Crippen LogP contribution in [0.5, 0.6) is 0 Å². The number of aromatic nitrogens is 1. The average Bonchev–Trinajstić information content (AvgIpc) is 2.78. The van der Waals surface area contributed by atoms with Crippen molar-refractivity contribution in [3.8, 4) is 0 Å². The molecule has 31 heavy (non-hydrogen) atoms. The summed E-state index contributed by atoms with van der Waals surface area (Å²) in [7, 11) is 1.68. The van der Waals surface area contributed by atoms with Crippen molar-refractivity contribution in [3.63, 3.8) is 0 Å². The highest BCUT2D eigenvalue weighted by Crippen LogP contribution is 2.39. The van der Waals surface area contributed by atoms with Gasteiger partial charge in [-0.05, 0) is 56.9 Å². The fraction of sp³-hybridized carbons (Fsp3) is 0.667. The van der Waals surface area contributed by atoms with Crippen molar-refractivity contribution in [3.05, 3.63) is 47.8 Å². The molecule has 1 heterocycles. The van der Waals surface area contributed by atoms with Gasteiger partial charge in [0.15, 0.2) is 0 Å². The Labute approximate surface area is 188 Å². The van der Waals surface area contributed by atoms with Crippen LogP contribution in [0.3, 0.4) is 0 Å². The molecule has 0 aromatic carbocycles. The zero-order chi connectivity index (χ0) is 22.2. The molecule has 1 aromatic rings. The number of hydrogen-bond donors (Lipinski definition) is 1. The van der Waals surface area contributed by atoms with Crippen LogP contribution in [0, 0.1) is 11.7 Å². The van der Waals surface area contributed by atoms with Gasteiger partial charge in [0, 0.05) is 29.6 Å². The molecule has 2 saturated carbocycles. The van der Waals surface area contributed by atoms with Crippen molar-refractivity contribution >= 4 is 5.70 Å². The lowest BCUT2D eigenvalue weighted by Gasteiger charge is -2.30. The summed E-state index contributed by atoms with van der Waals surface area (Å²) in [5.74, 6) is 1.33. The maximum Gasteiger partial charge on any atom is 0.145 e. The van der Waals surface area contributed by atoms with Gasteiger partial charge in [-0.1, -0.05) is 52.2 Å².